The molecule has 0 aromatic heterocycles. The summed E-state index contributed by atoms with van der Waals surface area (Å²) in [6.07, 6.45) is 0.538. The Labute approximate surface area is 280 Å². The first-order valence-corrected chi connectivity index (χ1v) is 14.5. The summed E-state index contributed by atoms with van der Waals surface area (Å²) in [6.45, 7) is 0. The van der Waals surface area contributed by atoms with E-state index in [0.717, 1.165) is 18.2 Å². The highest BCUT2D eigenvalue weighted by atomic mass is 79.9. The number of methoxy groups -OCH3 is 2. The minimum Gasteiger partial charge on any atom is -0.496 e. The van der Waals surface area contributed by atoms with E-state index >= 15 is 0 Å². The Bertz CT molecular complexity index is 1660. The molecule has 7 nitrogen and oxygen atoms in total. The number of aromatic carboxylic acids is 1. The van der Waals surface area contributed by atoms with Crippen molar-refractivity contribution >= 4 is 90.5 Å². The number of ether oxygens (including phenoxy) is 4. The molecule has 0 aliphatic carbocycles. The molecule has 15 heteroatoms. The number of carbonyl (C=O) groups excluding carboxylic acids is 1. The number of carbonyl (C=O) groups is 2. The Morgan fingerprint density at radius 2 is 1.09 bits per heavy atom. The van der Waals surface area contributed by atoms with Crippen molar-refractivity contribution in [2.75, 3.05) is 14.2 Å². The number of halogens is 8. The lowest BCUT2D eigenvalue weighted by molar-refractivity contribution is 0.0692. The molecule has 1 N–H and O–H groups in total. The van der Waals surface area contributed by atoms with Crippen LogP contribution in [0.25, 0.3) is 0 Å². The van der Waals surface area contributed by atoms with Gasteiger partial charge in [0.1, 0.15) is 17.1 Å². The molecule has 226 valence electrons. The SMILES string of the molecule is COc1cc(F)c(Oc2c(Cl)cc(Br)cc2Cl)cc1C(=O)O.COc1cc(F)c(Oc2c(Cl)cc(Br)cc2Cl)cc1C=O. The number of hydrogen-bond donors (Lipinski definition) is 1. The van der Waals surface area contributed by atoms with Crippen molar-refractivity contribution in [3.63, 3.8) is 0 Å². The van der Waals surface area contributed by atoms with Crippen LogP contribution in [0.3, 0.4) is 0 Å². The summed E-state index contributed by atoms with van der Waals surface area (Å²) in [5.74, 6) is -3.19. The zero-order valence-corrected chi connectivity index (χ0v) is 27.8. The molecule has 0 amide bonds. The zero-order valence-electron chi connectivity index (χ0n) is 21.6. The third kappa shape index (κ3) is 8.65. The molecular weight excluding hydrogens is 788 g/mol. The molecule has 4 rings (SSSR count). The fourth-order valence-electron chi connectivity index (χ4n) is 3.32. The largest absolute Gasteiger partial charge is 0.496 e. The minimum absolute atomic E-state index is 0.0203. The van der Waals surface area contributed by atoms with Crippen LogP contribution >= 0.6 is 78.3 Å². The van der Waals surface area contributed by atoms with E-state index in [-0.39, 0.29) is 65.7 Å². The normalized spacial score (nSPS) is 10.4. The van der Waals surface area contributed by atoms with Crippen LogP contribution in [0.5, 0.6) is 34.5 Å². The number of rotatable bonds is 8. The first kappa shape index (κ1) is 34.7. The van der Waals surface area contributed by atoms with Crippen molar-refractivity contribution in [1.29, 1.82) is 0 Å². The van der Waals surface area contributed by atoms with Crippen molar-refractivity contribution in [2.45, 2.75) is 0 Å². The molecule has 0 aliphatic rings. The van der Waals surface area contributed by atoms with Gasteiger partial charge < -0.3 is 24.1 Å². The summed E-state index contributed by atoms with van der Waals surface area (Å²) in [4.78, 5) is 22.1. The molecule has 0 spiro atoms. The highest BCUT2D eigenvalue weighted by Gasteiger charge is 2.20. The number of aldehydes is 1. The van der Waals surface area contributed by atoms with Gasteiger partial charge in [-0.2, -0.15) is 0 Å². The van der Waals surface area contributed by atoms with Crippen LogP contribution in [0, 0.1) is 11.6 Å². The Morgan fingerprint density at radius 1 is 0.698 bits per heavy atom. The van der Waals surface area contributed by atoms with E-state index in [1.54, 1.807) is 12.1 Å². The highest BCUT2D eigenvalue weighted by Crippen LogP contribution is 2.42. The number of benzene rings is 4. The van der Waals surface area contributed by atoms with Gasteiger partial charge in [-0.15, -0.1) is 0 Å². The molecule has 4 aromatic rings. The maximum Gasteiger partial charge on any atom is 0.339 e. The minimum atomic E-state index is -1.28. The van der Waals surface area contributed by atoms with Crippen LogP contribution in [0.2, 0.25) is 20.1 Å². The summed E-state index contributed by atoms with van der Waals surface area (Å²) in [6, 6.07) is 10.3. The smallest absolute Gasteiger partial charge is 0.339 e. The van der Waals surface area contributed by atoms with E-state index in [1.807, 2.05) is 0 Å². The quantitative estimate of drug-likeness (QED) is 0.177. The van der Waals surface area contributed by atoms with Crippen molar-refractivity contribution < 1.29 is 42.4 Å². The Kier molecular flexibility index (Phi) is 12.3. The van der Waals surface area contributed by atoms with E-state index in [2.05, 4.69) is 31.9 Å². The van der Waals surface area contributed by atoms with Crippen LogP contribution in [0.1, 0.15) is 20.7 Å². The van der Waals surface area contributed by atoms with Gasteiger partial charge in [0.25, 0.3) is 0 Å². The topological polar surface area (TPSA) is 91.3 Å². The third-order valence-electron chi connectivity index (χ3n) is 5.25. The van der Waals surface area contributed by atoms with Crippen LogP contribution < -0.4 is 18.9 Å². The Morgan fingerprint density at radius 3 is 1.47 bits per heavy atom. The van der Waals surface area contributed by atoms with E-state index in [4.69, 9.17) is 70.5 Å². The van der Waals surface area contributed by atoms with Crippen molar-refractivity contribution in [3.05, 3.63) is 100 Å². The fourth-order valence-corrected chi connectivity index (χ4v) is 5.89. The first-order chi connectivity index (χ1) is 20.3. The summed E-state index contributed by atoms with van der Waals surface area (Å²) in [7, 11) is 2.58. The first-order valence-electron chi connectivity index (χ1n) is 11.4. The molecule has 0 saturated heterocycles. The van der Waals surface area contributed by atoms with Gasteiger partial charge in [-0.05, 0) is 30.3 Å². The summed E-state index contributed by atoms with van der Waals surface area (Å²) in [5, 5.41) is 9.81. The maximum atomic E-state index is 14.0. The summed E-state index contributed by atoms with van der Waals surface area (Å²) < 4.78 is 49.7. The average molecular weight is 804 g/mol. The van der Waals surface area contributed by atoms with Gasteiger partial charge in [0.2, 0.25) is 0 Å². The molecule has 0 radical (unpaired) electrons. The van der Waals surface area contributed by atoms with Gasteiger partial charge in [-0.25, -0.2) is 13.6 Å². The predicted molar refractivity (Wildman–Crippen MR) is 167 cm³/mol. The maximum absolute atomic E-state index is 14.0. The standard InChI is InChI=1S/C14H8BrCl2FO4.C14H8BrCl2FO3/c1-21-11-5-10(18)12(4-7(11)14(19)20)22-13-8(16)2-6(15)3-9(13)17;1-20-12-5-11(18)13(2-7(12)6-19)21-14-9(16)3-8(15)4-10(14)17/h2-5H,1H3,(H,19,20);2-6H,1H3. The van der Waals surface area contributed by atoms with Crippen LogP contribution in [0.15, 0.2) is 57.5 Å². The van der Waals surface area contributed by atoms with Gasteiger partial charge in [-0.1, -0.05) is 78.3 Å². The monoisotopic (exact) mass is 800 g/mol. The molecule has 0 unspecified atom stereocenters. The molecule has 0 saturated carbocycles. The van der Waals surface area contributed by atoms with Gasteiger partial charge in [0, 0.05) is 27.1 Å². The van der Waals surface area contributed by atoms with Gasteiger partial charge in [-0.3, -0.25) is 4.79 Å². The number of hydrogen-bond acceptors (Lipinski definition) is 6. The molecule has 0 fully saturated rings. The van der Waals surface area contributed by atoms with E-state index in [0.29, 0.717) is 15.2 Å². The third-order valence-corrected chi connectivity index (χ3v) is 7.28. The second kappa shape index (κ2) is 15.3. The highest BCUT2D eigenvalue weighted by molar-refractivity contribution is 9.10. The second-order valence-corrected chi connectivity index (χ2v) is 11.5. The molecule has 0 atom stereocenters. The lowest BCUT2D eigenvalue weighted by Crippen LogP contribution is -2.02. The van der Waals surface area contributed by atoms with Crippen LogP contribution in [-0.4, -0.2) is 31.6 Å². The van der Waals surface area contributed by atoms with Crippen molar-refractivity contribution in [2.24, 2.45) is 0 Å². The van der Waals surface area contributed by atoms with E-state index < -0.39 is 17.6 Å². The number of carboxylic acids is 1. The lowest BCUT2D eigenvalue weighted by atomic mass is 10.2. The number of carboxylic acid groups (broad SMARTS) is 1. The predicted octanol–water partition coefficient (Wildman–Crippen LogP) is 10.9. The van der Waals surface area contributed by atoms with E-state index in [9.17, 15) is 18.4 Å². The van der Waals surface area contributed by atoms with Gasteiger partial charge in [0.15, 0.2) is 40.9 Å². The average Bonchev–Trinajstić information content (AvgIpc) is 2.93. The lowest BCUT2D eigenvalue weighted by Gasteiger charge is -2.13. The Hall–Kier alpha value is -2.80. The van der Waals surface area contributed by atoms with Crippen LogP contribution in [0.4, 0.5) is 8.78 Å². The van der Waals surface area contributed by atoms with Crippen LogP contribution in [-0.2, 0) is 0 Å². The summed E-state index contributed by atoms with van der Waals surface area (Å²) >= 11 is 30.4. The molecule has 0 heterocycles. The van der Waals surface area contributed by atoms with Gasteiger partial charge >= 0.3 is 5.97 Å². The fraction of sp³-hybridized carbons (Fsp3) is 0.0714. The van der Waals surface area contributed by atoms with Gasteiger partial charge in [0.05, 0.1) is 39.9 Å². The van der Waals surface area contributed by atoms with Crippen molar-refractivity contribution in [3.8, 4) is 34.5 Å². The Balaban J connectivity index is 0.000000236. The van der Waals surface area contributed by atoms with E-state index in [1.165, 1.54) is 32.4 Å². The molecule has 43 heavy (non-hydrogen) atoms. The summed E-state index contributed by atoms with van der Waals surface area (Å²) in [5.41, 5.74) is -0.0958. The molecule has 4 aromatic carbocycles. The molecule has 0 aliphatic heterocycles. The van der Waals surface area contributed by atoms with Crippen molar-refractivity contribution in [1.82, 2.24) is 0 Å². The second-order valence-electron chi connectivity index (χ2n) is 8.03. The molecule has 0 bridgehead atoms. The zero-order chi connectivity index (χ0) is 32.0. The molecular formula is C28H16Br2Cl4F2O7.